The molecule has 0 radical (unpaired) electrons. The second-order valence-corrected chi connectivity index (χ2v) is 6.36. The Morgan fingerprint density at radius 3 is 3.05 bits per heavy atom. The van der Waals surface area contributed by atoms with Gasteiger partial charge in [-0.25, -0.2) is 4.79 Å². The van der Waals surface area contributed by atoms with Gasteiger partial charge in [0.25, 0.3) is 0 Å². The molecule has 110 valence electrons. The maximum absolute atomic E-state index is 11.0. The zero-order valence-electron chi connectivity index (χ0n) is 11.8. The first kappa shape index (κ1) is 14.1. The van der Waals surface area contributed by atoms with Crippen molar-refractivity contribution < 1.29 is 14.6 Å². The van der Waals surface area contributed by atoms with Crippen LogP contribution < -0.4 is 10.1 Å². The van der Waals surface area contributed by atoms with E-state index in [1.807, 2.05) is 25.1 Å². The van der Waals surface area contributed by atoms with Crippen LogP contribution in [-0.4, -0.2) is 17.7 Å². The summed E-state index contributed by atoms with van der Waals surface area (Å²) in [5.41, 5.74) is 2.23. The molecule has 0 fully saturated rings. The fourth-order valence-electron chi connectivity index (χ4n) is 2.59. The number of thiophene rings is 1. The lowest BCUT2D eigenvalue weighted by Gasteiger charge is -2.26. The number of ether oxygens (including phenoxy) is 1. The van der Waals surface area contributed by atoms with Crippen LogP contribution in [0.5, 0.6) is 5.75 Å². The smallest absolute Gasteiger partial charge is 0.345 e. The van der Waals surface area contributed by atoms with Gasteiger partial charge in [0.1, 0.15) is 10.6 Å². The number of hydrogen-bond acceptors (Lipinski definition) is 4. The third-order valence-electron chi connectivity index (χ3n) is 3.73. The molecule has 1 aromatic carbocycles. The summed E-state index contributed by atoms with van der Waals surface area (Å²) in [7, 11) is 0. The van der Waals surface area contributed by atoms with Crippen molar-refractivity contribution in [2.45, 2.75) is 25.9 Å². The average Bonchev–Trinajstić information content (AvgIpc) is 2.86. The normalized spacial score (nSPS) is 17.1. The summed E-state index contributed by atoms with van der Waals surface area (Å²) in [6.07, 6.45) is 0.923. The van der Waals surface area contributed by atoms with E-state index in [0.29, 0.717) is 18.0 Å². The van der Waals surface area contributed by atoms with Gasteiger partial charge >= 0.3 is 5.97 Å². The molecule has 0 aliphatic carbocycles. The predicted molar refractivity (Wildman–Crippen MR) is 82.2 cm³/mol. The second-order valence-electron chi connectivity index (χ2n) is 5.11. The van der Waals surface area contributed by atoms with Crippen molar-refractivity contribution in [2.24, 2.45) is 0 Å². The number of nitrogens with one attached hydrogen (secondary N) is 1. The van der Waals surface area contributed by atoms with E-state index < -0.39 is 5.97 Å². The van der Waals surface area contributed by atoms with Crippen molar-refractivity contribution in [1.29, 1.82) is 0 Å². The number of fused-ring (bicyclic) bond motifs is 1. The minimum Gasteiger partial charge on any atom is -0.493 e. The Morgan fingerprint density at radius 2 is 2.29 bits per heavy atom. The van der Waals surface area contributed by atoms with Gasteiger partial charge in [-0.2, -0.15) is 0 Å². The number of rotatable bonds is 4. The molecular weight excluding hydrogens is 286 g/mol. The lowest BCUT2D eigenvalue weighted by Crippen LogP contribution is -2.26. The van der Waals surface area contributed by atoms with Crippen LogP contribution in [0.1, 0.15) is 38.1 Å². The molecule has 2 aromatic rings. The Balaban J connectivity index is 1.73. The number of carboxylic acid groups (broad SMARTS) is 1. The molecule has 0 saturated carbocycles. The van der Waals surface area contributed by atoms with Crippen molar-refractivity contribution in [3.8, 4) is 5.75 Å². The second kappa shape index (κ2) is 5.87. The maximum atomic E-state index is 11.0. The van der Waals surface area contributed by atoms with E-state index in [4.69, 9.17) is 9.84 Å². The Kier molecular flexibility index (Phi) is 3.94. The fraction of sp³-hybridized carbons (Fsp3) is 0.312. The monoisotopic (exact) mass is 303 g/mol. The zero-order chi connectivity index (χ0) is 14.8. The molecule has 1 aromatic heterocycles. The number of carbonyl (C=O) groups is 1. The van der Waals surface area contributed by atoms with E-state index in [1.54, 1.807) is 6.07 Å². The van der Waals surface area contributed by atoms with Gasteiger partial charge in [0.05, 0.1) is 6.61 Å². The van der Waals surface area contributed by atoms with Gasteiger partial charge in [-0.15, -0.1) is 11.3 Å². The van der Waals surface area contributed by atoms with Crippen molar-refractivity contribution in [3.05, 3.63) is 51.2 Å². The van der Waals surface area contributed by atoms with Crippen LogP contribution in [0.2, 0.25) is 0 Å². The minimum atomic E-state index is -0.856. The van der Waals surface area contributed by atoms with Gasteiger partial charge in [-0.3, -0.25) is 0 Å². The van der Waals surface area contributed by atoms with Crippen LogP contribution in [0, 0.1) is 6.92 Å². The molecule has 1 aliphatic heterocycles. The van der Waals surface area contributed by atoms with Crippen LogP contribution in [0.25, 0.3) is 0 Å². The fourth-order valence-corrected chi connectivity index (χ4v) is 3.47. The third-order valence-corrected chi connectivity index (χ3v) is 4.81. The Bertz CT molecular complexity index is 665. The van der Waals surface area contributed by atoms with Gasteiger partial charge in [0.2, 0.25) is 0 Å². The highest BCUT2D eigenvalue weighted by Crippen LogP contribution is 2.32. The quantitative estimate of drug-likeness (QED) is 0.909. The van der Waals surface area contributed by atoms with Crippen LogP contribution in [-0.2, 0) is 6.54 Å². The molecule has 1 atom stereocenters. The molecule has 2 heterocycles. The molecule has 0 bridgehead atoms. The number of para-hydroxylation sites is 1. The molecular formula is C16H17NO3S. The minimum absolute atomic E-state index is 0.252. The van der Waals surface area contributed by atoms with Crippen molar-refractivity contribution in [3.63, 3.8) is 0 Å². The number of aryl methyl sites for hydroxylation is 1. The first-order chi connectivity index (χ1) is 10.1. The zero-order valence-corrected chi connectivity index (χ0v) is 12.6. The summed E-state index contributed by atoms with van der Waals surface area (Å²) in [5.74, 6) is 0.0836. The molecule has 1 unspecified atom stereocenters. The molecule has 0 saturated heterocycles. The topological polar surface area (TPSA) is 58.6 Å². The van der Waals surface area contributed by atoms with Gasteiger partial charge in [0.15, 0.2) is 0 Å². The summed E-state index contributed by atoms with van der Waals surface area (Å²) >= 11 is 1.33. The summed E-state index contributed by atoms with van der Waals surface area (Å²) in [5, 5.41) is 12.6. The van der Waals surface area contributed by atoms with E-state index >= 15 is 0 Å². The van der Waals surface area contributed by atoms with Crippen LogP contribution >= 0.6 is 11.3 Å². The van der Waals surface area contributed by atoms with Gasteiger partial charge in [0, 0.05) is 29.4 Å². The van der Waals surface area contributed by atoms with Crippen LogP contribution in [0.15, 0.2) is 30.3 Å². The summed E-state index contributed by atoms with van der Waals surface area (Å²) in [4.78, 5) is 12.5. The highest BCUT2D eigenvalue weighted by Gasteiger charge is 2.21. The number of hydrogen-bond donors (Lipinski definition) is 2. The summed E-state index contributed by atoms with van der Waals surface area (Å²) < 4.78 is 5.65. The molecule has 4 nitrogen and oxygen atoms in total. The van der Waals surface area contributed by atoms with E-state index in [9.17, 15) is 4.79 Å². The van der Waals surface area contributed by atoms with Crippen molar-refractivity contribution in [1.82, 2.24) is 5.32 Å². The van der Waals surface area contributed by atoms with Crippen molar-refractivity contribution in [2.75, 3.05) is 6.61 Å². The Morgan fingerprint density at radius 1 is 1.48 bits per heavy atom. The lowest BCUT2D eigenvalue weighted by molar-refractivity contribution is 0.0702. The first-order valence-electron chi connectivity index (χ1n) is 6.93. The van der Waals surface area contributed by atoms with Gasteiger partial charge in [-0.05, 0) is 24.6 Å². The summed E-state index contributed by atoms with van der Waals surface area (Å²) in [6, 6.07) is 10.1. The standard InChI is InChI=1S/C16H17NO3S/c1-10-11(8-15(21-10)16(18)19)9-17-13-6-7-20-14-5-3-2-4-12(13)14/h2-5,8,13,17H,6-7,9H2,1H3,(H,18,19). The van der Waals surface area contributed by atoms with Gasteiger partial charge < -0.3 is 15.2 Å². The SMILES string of the molecule is Cc1sc(C(=O)O)cc1CNC1CCOc2ccccc21. The molecule has 21 heavy (non-hydrogen) atoms. The number of aromatic carboxylic acids is 1. The van der Waals surface area contributed by atoms with Crippen molar-refractivity contribution >= 4 is 17.3 Å². The number of benzene rings is 1. The largest absolute Gasteiger partial charge is 0.493 e. The Labute approximate surface area is 127 Å². The Hall–Kier alpha value is -1.85. The van der Waals surface area contributed by atoms with Crippen LogP contribution in [0.4, 0.5) is 0 Å². The maximum Gasteiger partial charge on any atom is 0.345 e. The molecule has 0 amide bonds. The highest BCUT2D eigenvalue weighted by molar-refractivity contribution is 7.14. The third kappa shape index (κ3) is 2.94. The molecule has 2 N–H and O–H groups in total. The predicted octanol–water partition coefficient (Wildman–Crippen LogP) is 3.37. The highest BCUT2D eigenvalue weighted by atomic mass is 32.1. The van der Waals surface area contributed by atoms with E-state index in [0.717, 1.165) is 22.6 Å². The van der Waals surface area contributed by atoms with E-state index in [2.05, 4.69) is 11.4 Å². The van der Waals surface area contributed by atoms with Gasteiger partial charge in [-0.1, -0.05) is 18.2 Å². The first-order valence-corrected chi connectivity index (χ1v) is 7.74. The molecule has 5 heteroatoms. The van der Waals surface area contributed by atoms with E-state index in [1.165, 1.54) is 16.9 Å². The average molecular weight is 303 g/mol. The van der Waals surface area contributed by atoms with Crippen LogP contribution in [0.3, 0.4) is 0 Å². The lowest BCUT2D eigenvalue weighted by atomic mass is 10.0. The molecule has 0 spiro atoms. The number of carboxylic acids is 1. The molecule has 3 rings (SSSR count). The van der Waals surface area contributed by atoms with E-state index in [-0.39, 0.29) is 6.04 Å². The molecule has 1 aliphatic rings. The summed E-state index contributed by atoms with van der Waals surface area (Å²) in [6.45, 7) is 3.35.